The molecule has 0 bridgehead atoms. The Morgan fingerprint density at radius 3 is 1.81 bits per heavy atom. The summed E-state index contributed by atoms with van der Waals surface area (Å²) in [5.74, 6) is -3.52. The van der Waals surface area contributed by atoms with Gasteiger partial charge in [0.05, 0.1) is 0 Å². The normalized spacial score (nSPS) is 14.4. The first-order chi connectivity index (χ1) is 6.74. The van der Waals surface area contributed by atoms with E-state index < -0.39 is 17.9 Å². The molecule has 0 aromatic rings. The predicted octanol–water partition coefficient (Wildman–Crippen LogP) is 2.08. The van der Waals surface area contributed by atoms with Gasteiger partial charge in [0.15, 0.2) is 5.92 Å². The summed E-state index contributed by atoms with van der Waals surface area (Å²) in [4.78, 5) is 21.6. The van der Waals surface area contributed by atoms with Crippen LogP contribution in [0.2, 0.25) is 0 Å². The van der Waals surface area contributed by atoms with Crippen LogP contribution in [0.25, 0.3) is 0 Å². The topological polar surface area (TPSA) is 74.6 Å². The fraction of sp³-hybridized carbons (Fsp3) is 0.818. The van der Waals surface area contributed by atoms with Gasteiger partial charge in [-0.3, -0.25) is 9.59 Å². The Bertz CT molecular complexity index is 247. The summed E-state index contributed by atoms with van der Waals surface area (Å²) in [5, 5.41) is 17.6. The van der Waals surface area contributed by atoms with Crippen LogP contribution < -0.4 is 0 Å². The van der Waals surface area contributed by atoms with E-state index in [1.807, 2.05) is 27.7 Å². The molecule has 92 valence electrons. The molecule has 0 saturated heterocycles. The van der Waals surface area contributed by atoms with Crippen LogP contribution in [0.3, 0.4) is 0 Å². The van der Waals surface area contributed by atoms with Gasteiger partial charge in [0, 0.05) is 0 Å². The van der Waals surface area contributed by atoms with E-state index in [2.05, 4.69) is 0 Å². The molecule has 0 fully saturated rings. The van der Waals surface area contributed by atoms with Crippen molar-refractivity contribution in [3.05, 3.63) is 0 Å². The molecule has 0 aromatic heterocycles. The Morgan fingerprint density at radius 2 is 1.62 bits per heavy atom. The Balaban J connectivity index is -0.000000327. The second-order valence-corrected chi connectivity index (χ2v) is 4.60. The predicted molar refractivity (Wildman–Crippen MR) is 64.6 cm³/mol. The molecule has 4 nitrogen and oxygen atoms in total. The first-order valence-electron chi connectivity index (χ1n) is 5.20. The molecule has 0 rings (SSSR count). The zero-order valence-corrected chi connectivity index (χ0v) is 11.9. The minimum Gasteiger partial charge on any atom is -1.00 e. The van der Waals surface area contributed by atoms with Crippen molar-refractivity contribution >= 4 is 35.0 Å². The van der Waals surface area contributed by atoms with Gasteiger partial charge in [-0.1, -0.05) is 34.1 Å². The third-order valence-electron chi connectivity index (χ3n) is 3.47. The molecule has 0 aliphatic heterocycles. The van der Waals surface area contributed by atoms with Gasteiger partial charge in [0.2, 0.25) is 0 Å². The van der Waals surface area contributed by atoms with Crippen molar-refractivity contribution in [1.82, 2.24) is 0 Å². The Kier molecular flexibility index (Phi) is 8.04. The molecule has 16 heavy (non-hydrogen) atoms. The summed E-state index contributed by atoms with van der Waals surface area (Å²) in [6, 6.07) is 0. The van der Waals surface area contributed by atoms with Crippen molar-refractivity contribution in [3.8, 4) is 0 Å². The van der Waals surface area contributed by atoms with Gasteiger partial charge >= 0.3 is 35.0 Å². The van der Waals surface area contributed by atoms with Gasteiger partial charge < -0.3 is 13.1 Å². The molecule has 5 heteroatoms. The van der Waals surface area contributed by atoms with Crippen molar-refractivity contribution in [2.24, 2.45) is 17.3 Å². The smallest absolute Gasteiger partial charge is 1.00 e. The Labute approximate surface area is 116 Å². The standard InChI is InChI=1S/C11H20O4.Mg.2H/c1-5-11(4,7(2)3)6-8(9(12)13)10(14)15;;;/h7-8H,5-6H2,1-4H3,(H,12,13)(H,14,15);;;/q;+2;2*-1. The number of carbonyl (C=O) groups is 2. The summed E-state index contributed by atoms with van der Waals surface area (Å²) in [5.41, 5.74) is -0.235. The number of hydrogen-bond acceptors (Lipinski definition) is 2. The van der Waals surface area contributed by atoms with Crippen molar-refractivity contribution in [2.45, 2.75) is 40.5 Å². The van der Waals surface area contributed by atoms with E-state index in [9.17, 15) is 9.59 Å². The maximum Gasteiger partial charge on any atom is 2.00 e. The zero-order chi connectivity index (χ0) is 12.2. The van der Waals surface area contributed by atoms with E-state index >= 15 is 0 Å². The van der Waals surface area contributed by atoms with Crippen molar-refractivity contribution < 1.29 is 22.7 Å². The molecule has 1 atom stereocenters. The number of carboxylic acid groups (broad SMARTS) is 2. The van der Waals surface area contributed by atoms with Crippen LogP contribution in [0.5, 0.6) is 0 Å². The summed E-state index contributed by atoms with van der Waals surface area (Å²) >= 11 is 0. The molecular weight excluding hydrogens is 220 g/mol. The minimum absolute atomic E-state index is 0. The van der Waals surface area contributed by atoms with Crippen LogP contribution in [-0.2, 0) is 9.59 Å². The van der Waals surface area contributed by atoms with E-state index in [1.165, 1.54) is 0 Å². The third kappa shape index (κ3) is 4.70. The average Bonchev–Trinajstić information content (AvgIpc) is 2.12. The number of hydrogen-bond donors (Lipinski definition) is 2. The van der Waals surface area contributed by atoms with E-state index in [4.69, 9.17) is 10.2 Å². The van der Waals surface area contributed by atoms with Crippen molar-refractivity contribution in [2.75, 3.05) is 0 Å². The van der Waals surface area contributed by atoms with Crippen LogP contribution in [0.1, 0.15) is 43.4 Å². The van der Waals surface area contributed by atoms with Crippen molar-refractivity contribution in [3.63, 3.8) is 0 Å². The summed E-state index contributed by atoms with van der Waals surface area (Å²) in [7, 11) is 0. The average molecular weight is 243 g/mol. The molecule has 0 aliphatic rings. The van der Waals surface area contributed by atoms with Gasteiger partial charge in [-0.25, -0.2) is 0 Å². The third-order valence-corrected chi connectivity index (χ3v) is 3.47. The SMILES string of the molecule is CCC(C)(CC(C(=O)O)C(=O)O)C(C)C.[H-].[H-].[Mg+2]. The zero-order valence-electron chi connectivity index (χ0n) is 12.5. The Hall–Kier alpha value is -0.294. The summed E-state index contributed by atoms with van der Waals surface area (Å²) in [6.45, 7) is 7.88. The van der Waals surface area contributed by atoms with Crippen LogP contribution in [0, 0.1) is 17.3 Å². The van der Waals surface area contributed by atoms with E-state index in [-0.39, 0.29) is 43.7 Å². The maximum absolute atomic E-state index is 10.8. The second kappa shape index (κ2) is 7.11. The van der Waals surface area contributed by atoms with E-state index in [0.717, 1.165) is 6.42 Å². The number of carboxylic acids is 2. The fourth-order valence-electron chi connectivity index (χ4n) is 1.53. The van der Waals surface area contributed by atoms with Crippen molar-refractivity contribution in [1.29, 1.82) is 0 Å². The molecule has 0 amide bonds. The van der Waals surface area contributed by atoms with Crippen LogP contribution in [0.15, 0.2) is 0 Å². The Morgan fingerprint density at radius 1 is 1.25 bits per heavy atom. The monoisotopic (exact) mass is 242 g/mol. The van der Waals surface area contributed by atoms with Crippen LogP contribution in [-0.4, -0.2) is 45.2 Å². The summed E-state index contributed by atoms with van der Waals surface area (Å²) < 4.78 is 0. The first kappa shape index (κ1) is 18.1. The quantitative estimate of drug-likeness (QED) is 0.552. The van der Waals surface area contributed by atoms with Crippen LogP contribution in [0.4, 0.5) is 0 Å². The molecule has 0 saturated carbocycles. The van der Waals surface area contributed by atoms with E-state index in [0.29, 0.717) is 0 Å². The molecule has 2 N–H and O–H groups in total. The molecule has 0 aromatic carbocycles. The number of rotatable bonds is 6. The van der Waals surface area contributed by atoms with Gasteiger partial charge in [-0.2, -0.15) is 0 Å². The largest absolute Gasteiger partial charge is 2.00 e. The molecular formula is C11H22MgO4. The van der Waals surface area contributed by atoms with Gasteiger partial charge in [0.1, 0.15) is 0 Å². The number of aliphatic carboxylic acids is 2. The van der Waals surface area contributed by atoms with Crippen LogP contribution >= 0.6 is 0 Å². The minimum atomic E-state index is -1.29. The molecule has 1 unspecified atom stereocenters. The summed E-state index contributed by atoms with van der Waals surface area (Å²) in [6.07, 6.45) is 0.966. The van der Waals surface area contributed by atoms with E-state index in [1.54, 1.807) is 0 Å². The molecule has 0 radical (unpaired) electrons. The maximum atomic E-state index is 10.8. The molecule has 0 aliphatic carbocycles. The fourth-order valence-corrected chi connectivity index (χ4v) is 1.53. The molecule has 0 heterocycles. The van der Waals surface area contributed by atoms with Gasteiger partial charge in [0.25, 0.3) is 0 Å². The second-order valence-electron chi connectivity index (χ2n) is 4.60. The van der Waals surface area contributed by atoms with Gasteiger partial charge in [-0.15, -0.1) is 0 Å². The molecule has 0 spiro atoms. The van der Waals surface area contributed by atoms with Gasteiger partial charge in [-0.05, 0) is 17.8 Å². The first-order valence-corrected chi connectivity index (χ1v) is 5.20.